The molecule has 0 aliphatic carbocycles. The summed E-state index contributed by atoms with van der Waals surface area (Å²) in [6.07, 6.45) is 19.8. The molecule has 0 saturated heterocycles. The third-order valence-electron chi connectivity index (χ3n) is 4.59. The van der Waals surface area contributed by atoms with E-state index in [1.54, 1.807) is 0 Å². The lowest BCUT2D eigenvalue weighted by Gasteiger charge is -2.12. The zero-order valence-electron chi connectivity index (χ0n) is 16.4. The maximum atomic E-state index is 11.9. The number of hydrogen-bond donors (Lipinski definition) is 1. The average Bonchev–Trinajstić information content (AvgIpc) is 2.56. The van der Waals surface area contributed by atoms with Crippen molar-refractivity contribution in [3.05, 3.63) is 0 Å². The van der Waals surface area contributed by atoms with Crippen LogP contribution in [0.15, 0.2) is 0 Å². The summed E-state index contributed by atoms with van der Waals surface area (Å²) in [5.74, 6) is 0. The van der Waals surface area contributed by atoms with Crippen molar-refractivity contribution < 1.29 is 14.0 Å². The molecule has 0 aromatic carbocycles. The highest BCUT2D eigenvalue weighted by Gasteiger charge is 2.17. The molecule has 0 radical (unpaired) electrons. The maximum absolute atomic E-state index is 11.9. The second-order valence-corrected chi connectivity index (χ2v) is 9.12. The van der Waals surface area contributed by atoms with Gasteiger partial charge in [0, 0.05) is 6.16 Å². The van der Waals surface area contributed by atoms with Crippen molar-refractivity contribution in [2.24, 2.45) is 0 Å². The molecule has 0 fully saturated rings. The maximum Gasteiger partial charge on any atom is 0.328 e. The van der Waals surface area contributed by atoms with Crippen LogP contribution in [-0.4, -0.2) is 17.7 Å². The van der Waals surface area contributed by atoms with Crippen LogP contribution in [0.5, 0.6) is 0 Å². The summed E-state index contributed by atoms with van der Waals surface area (Å²) in [6.45, 7) is 4.89. The van der Waals surface area contributed by atoms with Crippen LogP contribution >= 0.6 is 7.60 Å². The molecule has 0 aliphatic heterocycles. The molecule has 0 aliphatic rings. The average molecular weight is 363 g/mol. The Bertz CT molecular complexity index is 295. The quantitative estimate of drug-likeness (QED) is 0.191. The normalized spacial score (nSPS) is 14.0. The van der Waals surface area contributed by atoms with Gasteiger partial charge < -0.3 is 9.42 Å². The Labute approximate surface area is 151 Å². The van der Waals surface area contributed by atoms with E-state index in [4.69, 9.17) is 4.52 Å². The van der Waals surface area contributed by atoms with Crippen LogP contribution in [0.3, 0.4) is 0 Å². The first-order valence-corrected chi connectivity index (χ1v) is 12.3. The van der Waals surface area contributed by atoms with Gasteiger partial charge in [0.1, 0.15) is 0 Å². The van der Waals surface area contributed by atoms with Crippen LogP contribution in [-0.2, 0) is 9.09 Å². The Hall–Kier alpha value is 0.150. The Kier molecular flexibility index (Phi) is 18.1. The van der Waals surface area contributed by atoms with E-state index in [0.29, 0.717) is 12.8 Å². The standard InChI is InChI=1S/C20H43O3P/c1-3-5-7-9-11-12-13-14-15-17-19-23-24(21,22)20-18-16-10-8-6-4-2/h3-20H2,1-2H3,(H,21,22). The number of hydrogen-bond acceptors (Lipinski definition) is 2. The topological polar surface area (TPSA) is 46.5 Å². The highest BCUT2D eigenvalue weighted by molar-refractivity contribution is 7.52. The summed E-state index contributed by atoms with van der Waals surface area (Å²) < 4.78 is 17.1. The molecule has 0 rings (SSSR count). The predicted molar refractivity (Wildman–Crippen MR) is 106 cm³/mol. The van der Waals surface area contributed by atoms with Gasteiger partial charge in [0.25, 0.3) is 0 Å². The molecule has 3 nitrogen and oxygen atoms in total. The minimum Gasteiger partial charge on any atom is -0.324 e. The summed E-state index contributed by atoms with van der Waals surface area (Å²) in [5, 5.41) is 0. The van der Waals surface area contributed by atoms with Crippen LogP contribution in [0.2, 0.25) is 0 Å². The van der Waals surface area contributed by atoms with Crippen LogP contribution < -0.4 is 0 Å². The molecule has 0 aromatic rings. The molecule has 0 aromatic heterocycles. The molecule has 1 N–H and O–H groups in total. The van der Waals surface area contributed by atoms with Crippen molar-refractivity contribution in [3.8, 4) is 0 Å². The molecule has 0 saturated carbocycles. The van der Waals surface area contributed by atoms with Gasteiger partial charge in [-0.15, -0.1) is 0 Å². The van der Waals surface area contributed by atoms with Crippen molar-refractivity contribution in [1.82, 2.24) is 0 Å². The Balaban J connectivity index is 3.31. The smallest absolute Gasteiger partial charge is 0.324 e. The fraction of sp³-hybridized carbons (Fsp3) is 1.00. The molecule has 0 bridgehead atoms. The van der Waals surface area contributed by atoms with Crippen LogP contribution in [0, 0.1) is 0 Å². The summed E-state index contributed by atoms with van der Waals surface area (Å²) in [4.78, 5) is 9.79. The molecule has 146 valence electrons. The van der Waals surface area contributed by atoms with Gasteiger partial charge in [-0.2, -0.15) is 0 Å². The van der Waals surface area contributed by atoms with Gasteiger partial charge in [-0.1, -0.05) is 104 Å². The van der Waals surface area contributed by atoms with Gasteiger partial charge in [0.2, 0.25) is 0 Å². The number of unbranched alkanes of at least 4 members (excludes halogenated alkanes) is 14. The van der Waals surface area contributed by atoms with Gasteiger partial charge in [-0.05, 0) is 12.8 Å². The van der Waals surface area contributed by atoms with Gasteiger partial charge in [-0.25, -0.2) is 0 Å². The third kappa shape index (κ3) is 18.5. The first-order chi connectivity index (χ1) is 11.6. The van der Waals surface area contributed by atoms with Gasteiger partial charge in [-0.3, -0.25) is 4.57 Å². The highest BCUT2D eigenvalue weighted by Crippen LogP contribution is 2.43. The van der Waals surface area contributed by atoms with Crippen molar-refractivity contribution in [1.29, 1.82) is 0 Å². The van der Waals surface area contributed by atoms with Crippen molar-refractivity contribution in [2.45, 2.75) is 117 Å². The lowest BCUT2D eigenvalue weighted by atomic mass is 10.1. The van der Waals surface area contributed by atoms with Crippen LogP contribution in [0.25, 0.3) is 0 Å². The SMILES string of the molecule is CCCCCCCCCCCCOP(=O)(O)CCCCCCCC. The van der Waals surface area contributed by atoms with E-state index in [-0.39, 0.29) is 0 Å². The van der Waals surface area contributed by atoms with E-state index in [9.17, 15) is 9.46 Å². The van der Waals surface area contributed by atoms with E-state index in [0.717, 1.165) is 25.7 Å². The van der Waals surface area contributed by atoms with E-state index < -0.39 is 7.60 Å². The summed E-state index contributed by atoms with van der Waals surface area (Å²) in [5.41, 5.74) is 0. The first-order valence-electron chi connectivity index (χ1n) is 10.6. The monoisotopic (exact) mass is 362 g/mol. The van der Waals surface area contributed by atoms with E-state index in [2.05, 4.69) is 13.8 Å². The lowest BCUT2D eigenvalue weighted by molar-refractivity contribution is 0.251. The van der Waals surface area contributed by atoms with Crippen LogP contribution in [0.4, 0.5) is 0 Å². The van der Waals surface area contributed by atoms with E-state index in [1.807, 2.05) is 0 Å². The molecular weight excluding hydrogens is 319 g/mol. The molecule has 0 heterocycles. The molecule has 24 heavy (non-hydrogen) atoms. The van der Waals surface area contributed by atoms with Gasteiger partial charge in [0.15, 0.2) is 0 Å². The Morgan fingerprint density at radius 1 is 0.625 bits per heavy atom. The first kappa shape index (κ1) is 24.1. The predicted octanol–water partition coefficient (Wildman–Crippen LogP) is 7.47. The third-order valence-corrected chi connectivity index (χ3v) is 6.05. The van der Waals surface area contributed by atoms with E-state index >= 15 is 0 Å². The minimum atomic E-state index is -3.33. The van der Waals surface area contributed by atoms with Gasteiger partial charge in [0.05, 0.1) is 6.61 Å². The lowest BCUT2D eigenvalue weighted by Crippen LogP contribution is -1.97. The Morgan fingerprint density at radius 3 is 1.46 bits per heavy atom. The second kappa shape index (κ2) is 18.0. The van der Waals surface area contributed by atoms with Gasteiger partial charge >= 0.3 is 7.60 Å². The fourth-order valence-electron chi connectivity index (χ4n) is 2.95. The number of rotatable bonds is 19. The molecular formula is C20H43O3P. The molecule has 0 spiro atoms. The van der Waals surface area contributed by atoms with Crippen LogP contribution in [0.1, 0.15) is 117 Å². The molecule has 0 amide bonds. The zero-order chi connectivity index (χ0) is 17.9. The highest BCUT2D eigenvalue weighted by atomic mass is 31.2. The van der Waals surface area contributed by atoms with Crippen molar-refractivity contribution in [2.75, 3.05) is 12.8 Å². The molecule has 4 heteroatoms. The largest absolute Gasteiger partial charge is 0.328 e. The van der Waals surface area contributed by atoms with E-state index in [1.165, 1.54) is 77.0 Å². The van der Waals surface area contributed by atoms with Crippen molar-refractivity contribution in [3.63, 3.8) is 0 Å². The summed E-state index contributed by atoms with van der Waals surface area (Å²) >= 11 is 0. The fourth-order valence-corrected chi connectivity index (χ4v) is 4.12. The summed E-state index contributed by atoms with van der Waals surface area (Å²) in [7, 11) is -3.33. The molecule has 1 atom stereocenters. The zero-order valence-corrected chi connectivity index (χ0v) is 17.3. The minimum absolute atomic E-state index is 0.330. The van der Waals surface area contributed by atoms with Crippen molar-refractivity contribution >= 4 is 7.60 Å². The second-order valence-electron chi connectivity index (χ2n) is 7.14. The summed E-state index contributed by atoms with van der Waals surface area (Å²) in [6, 6.07) is 0. The molecule has 1 unspecified atom stereocenters. The Morgan fingerprint density at radius 2 is 1.00 bits per heavy atom.